The number of alkyl halides is 2. The summed E-state index contributed by atoms with van der Waals surface area (Å²) in [6.07, 6.45) is 9.95. The fraction of sp³-hybridized carbons (Fsp3) is 0.533. The summed E-state index contributed by atoms with van der Waals surface area (Å²) in [5, 5.41) is 10.2. The normalized spacial score (nSPS) is 21.6. The van der Waals surface area contributed by atoms with Gasteiger partial charge < -0.3 is 20.0 Å². The molecule has 0 radical (unpaired) electrons. The molecule has 9 rings (SSSR count). The van der Waals surface area contributed by atoms with E-state index in [1.54, 1.807) is 39.2 Å². The highest BCUT2D eigenvalue weighted by Crippen LogP contribution is 2.36. The van der Waals surface area contributed by atoms with Crippen molar-refractivity contribution in [1.29, 1.82) is 0 Å². The van der Waals surface area contributed by atoms with Crippen molar-refractivity contribution in [3.05, 3.63) is 76.4 Å². The number of likely N-dealkylation sites (tertiary alicyclic amines) is 2. The van der Waals surface area contributed by atoms with Crippen LogP contribution in [0.2, 0.25) is 0 Å². The summed E-state index contributed by atoms with van der Waals surface area (Å²) < 4.78 is 38.9. The Bertz CT molecular complexity index is 2540. The van der Waals surface area contributed by atoms with E-state index >= 15 is 0 Å². The van der Waals surface area contributed by atoms with Gasteiger partial charge in [0.15, 0.2) is 11.4 Å². The van der Waals surface area contributed by atoms with E-state index < -0.39 is 24.1 Å². The Hall–Kier alpha value is -5.75. The number of aryl methyl sites for hydroxylation is 1. The summed E-state index contributed by atoms with van der Waals surface area (Å²) in [7, 11) is 5.42. The number of hydrogen-bond acceptors (Lipinski definition) is 11. The second kappa shape index (κ2) is 17.8. The van der Waals surface area contributed by atoms with Crippen molar-refractivity contribution in [2.75, 3.05) is 50.9 Å². The Morgan fingerprint density at radius 1 is 0.984 bits per heavy atom. The van der Waals surface area contributed by atoms with Gasteiger partial charge in [0.25, 0.3) is 18.2 Å². The van der Waals surface area contributed by atoms with Gasteiger partial charge >= 0.3 is 5.69 Å². The van der Waals surface area contributed by atoms with Crippen molar-refractivity contribution in [2.24, 2.45) is 18.9 Å². The first-order valence-electron chi connectivity index (χ1n) is 22.2. The van der Waals surface area contributed by atoms with Gasteiger partial charge in [-0.2, -0.15) is 5.10 Å². The lowest BCUT2D eigenvalue weighted by molar-refractivity contribution is -0.149. The van der Waals surface area contributed by atoms with Crippen LogP contribution < -0.4 is 16.3 Å². The number of benzene rings is 1. The van der Waals surface area contributed by atoms with E-state index in [1.165, 1.54) is 32.3 Å². The van der Waals surface area contributed by atoms with E-state index in [0.29, 0.717) is 47.7 Å². The second-order valence-electron chi connectivity index (χ2n) is 17.9. The zero-order valence-corrected chi connectivity index (χ0v) is 36.0. The van der Waals surface area contributed by atoms with Gasteiger partial charge in [0.1, 0.15) is 18.1 Å². The number of para-hydroxylation sites is 1. The predicted octanol–water partition coefficient (Wildman–Crippen LogP) is 6.25. The number of likely N-dealkylation sites (N-methyl/N-ethyl adjacent to an activating group) is 1. The van der Waals surface area contributed by atoms with Crippen LogP contribution in [0.4, 0.5) is 20.3 Å². The molecule has 5 aromatic rings. The average Bonchev–Trinajstić information content (AvgIpc) is 3.69. The number of halogens is 2. The molecular formula is C45H55F2N11O5. The highest BCUT2D eigenvalue weighted by molar-refractivity contribution is 6.03. The number of rotatable bonds is 14. The number of imidazole rings is 1. The molecule has 6 heterocycles. The monoisotopic (exact) mass is 867 g/mol. The van der Waals surface area contributed by atoms with Gasteiger partial charge in [0, 0.05) is 64.1 Å². The first-order chi connectivity index (χ1) is 30.4. The molecule has 4 fully saturated rings. The Labute approximate surface area is 363 Å². The highest BCUT2D eigenvalue weighted by Gasteiger charge is 2.36. The fourth-order valence-electron chi connectivity index (χ4n) is 9.77. The molecule has 16 nitrogen and oxygen atoms in total. The van der Waals surface area contributed by atoms with E-state index in [1.807, 2.05) is 12.1 Å². The number of imide groups is 1. The van der Waals surface area contributed by atoms with E-state index in [0.717, 1.165) is 80.7 Å². The molecule has 18 heteroatoms. The minimum Gasteiger partial charge on any atom is -0.444 e. The van der Waals surface area contributed by atoms with Gasteiger partial charge in [-0.05, 0) is 114 Å². The Morgan fingerprint density at radius 3 is 2.49 bits per heavy atom. The van der Waals surface area contributed by atoms with Crippen LogP contribution in [0, 0.1) is 11.8 Å². The first kappa shape index (κ1) is 42.5. The molecule has 0 bridgehead atoms. The predicted molar refractivity (Wildman–Crippen MR) is 231 cm³/mol. The molecule has 2 saturated heterocycles. The van der Waals surface area contributed by atoms with Gasteiger partial charge in [-0.1, -0.05) is 12.1 Å². The van der Waals surface area contributed by atoms with Crippen LogP contribution in [0.1, 0.15) is 104 Å². The third-order valence-corrected chi connectivity index (χ3v) is 13.7. The van der Waals surface area contributed by atoms with E-state index in [9.17, 15) is 28.0 Å². The topological polar surface area (TPSA) is 169 Å². The van der Waals surface area contributed by atoms with Crippen LogP contribution in [0.15, 0.2) is 58.2 Å². The number of anilines is 2. The molecule has 4 aromatic heterocycles. The van der Waals surface area contributed by atoms with Crippen LogP contribution >= 0.6 is 0 Å². The highest BCUT2D eigenvalue weighted by atomic mass is 19.3. The maximum absolute atomic E-state index is 14.2. The summed E-state index contributed by atoms with van der Waals surface area (Å²) in [5.74, 6) is 0.818. The van der Waals surface area contributed by atoms with Crippen molar-refractivity contribution in [2.45, 2.75) is 95.3 Å². The van der Waals surface area contributed by atoms with Gasteiger partial charge in [-0.15, -0.1) is 0 Å². The van der Waals surface area contributed by atoms with E-state index in [-0.39, 0.29) is 47.2 Å². The Kier molecular flexibility index (Phi) is 12.0. The summed E-state index contributed by atoms with van der Waals surface area (Å²) in [4.78, 5) is 66.6. The molecular weight excluding hydrogens is 813 g/mol. The number of nitrogens with zero attached hydrogens (tertiary/aromatic N) is 9. The summed E-state index contributed by atoms with van der Waals surface area (Å²) in [5.41, 5.74) is 2.42. The largest absolute Gasteiger partial charge is 0.444 e. The summed E-state index contributed by atoms with van der Waals surface area (Å²) in [6.45, 7) is 4.30. The molecule has 1 atom stereocenters. The number of oxazole rings is 1. The first-order valence-corrected chi connectivity index (χ1v) is 22.2. The molecule has 2 N–H and O–H groups in total. The van der Waals surface area contributed by atoms with E-state index in [2.05, 4.69) is 48.6 Å². The molecule has 4 aliphatic rings. The molecule has 2 saturated carbocycles. The molecule has 1 unspecified atom stereocenters. The van der Waals surface area contributed by atoms with Crippen molar-refractivity contribution >= 4 is 40.3 Å². The number of nitrogens with one attached hydrogen (secondary N) is 2. The van der Waals surface area contributed by atoms with Crippen molar-refractivity contribution in [3.63, 3.8) is 0 Å². The van der Waals surface area contributed by atoms with Crippen molar-refractivity contribution < 1.29 is 27.6 Å². The molecule has 2 aliphatic heterocycles. The Morgan fingerprint density at radius 2 is 1.75 bits per heavy atom. The molecule has 3 amide bonds. The molecule has 63 heavy (non-hydrogen) atoms. The Balaban J connectivity index is 0.761. The lowest BCUT2D eigenvalue weighted by atomic mass is 9.85. The standard InChI is InChI=1S/C45H55F2N11O5/c1-53(31-16-19-56(20-17-31)24-30-5-4-6-35-40(30)55(3)45(62)58(35)36-13-14-38(59)54(2)44(36)61)23-28-9-11-32(12-10-28)57-25-33(39(52-57)41(46)47)50-42(60)34-26-63-43(51-34)29-15-18-48-37(21-29)49-22-27-7-8-27/h4-6,15,18,21,25-28,31-32,36,41H,7-14,16-17,19-20,22-24H2,1-3H3,(H,48,49)(H,50,60)/t28-,32-,36?. The molecule has 2 aliphatic carbocycles. The second-order valence-corrected chi connectivity index (χ2v) is 17.9. The number of pyridine rings is 1. The quantitative estimate of drug-likeness (QED) is 0.121. The lowest BCUT2D eigenvalue weighted by Crippen LogP contribution is -2.45. The number of piperidine rings is 2. The molecule has 0 spiro atoms. The van der Waals surface area contributed by atoms with Crippen LogP contribution in [-0.4, -0.2) is 108 Å². The smallest absolute Gasteiger partial charge is 0.329 e. The van der Waals surface area contributed by atoms with Crippen LogP contribution in [0.25, 0.3) is 22.5 Å². The number of carbonyl (C=O) groups excluding carboxylic acids is 3. The number of aromatic nitrogens is 6. The number of carbonyl (C=O) groups is 3. The average molecular weight is 868 g/mol. The van der Waals surface area contributed by atoms with Crippen LogP contribution in [0.5, 0.6) is 0 Å². The van der Waals surface area contributed by atoms with E-state index in [4.69, 9.17) is 4.42 Å². The lowest BCUT2D eigenvalue weighted by Gasteiger charge is -2.39. The summed E-state index contributed by atoms with van der Waals surface area (Å²) >= 11 is 0. The number of hydrogen-bond donors (Lipinski definition) is 2. The summed E-state index contributed by atoms with van der Waals surface area (Å²) in [6, 6.07) is 9.08. The zero-order chi connectivity index (χ0) is 43.9. The minimum atomic E-state index is -2.87. The van der Waals surface area contributed by atoms with Crippen molar-refractivity contribution in [1.82, 2.24) is 43.6 Å². The number of fused-ring (bicyclic) bond motifs is 1. The third kappa shape index (κ3) is 8.92. The van der Waals surface area contributed by atoms with Gasteiger partial charge in [0.05, 0.1) is 22.8 Å². The van der Waals surface area contributed by atoms with Gasteiger partial charge in [0.2, 0.25) is 11.8 Å². The van der Waals surface area contributed by atoms with Crippen LogP contribution in [0.3, 0.4) is 0 Å². The van der Waals surface area contributed by atoms with Crippen LogP contribution in [-0.2, 0) is 23.2 Å². The maximum atomic E-state index is 14.2. The maximum Gasteiger partial charge on any atom is 0.329 e. The fourth-order valence-corrected chi connectivity index (χ4v) is 9.77. The van der Waals surface area contributed by atoms with Crippen molar-refractivity contribution in [3.8, 4) is 11.5 Å². The number of amides is 3. The third-order valence-electron chi connectivity index (χ3n) is 13.7. The minimum absolute atomic E-state index is 0.0297. The SMILES string of the molecule is CN1C(=O)CCC(n2c(=O)n(C)c3c(CN4CCC(N(C)C[C@H]5CC[C@H](n6cc(NC(=O)c7coc(-c8ccnc(NCC9CC9)c8)n7)c(C(F)F)n6)CC5)CC4)cccc32)C1=O. The molecule has 334 valence electrons. The van der Waals surface area contributed by atoms with Gasteiger partial charge in [-0.25, -0.2) is 23.5 Å². The zero-order valence-electron chi connectivity index (χ0n) is 36.0. The molecule has 1 aromatic carbocycles. The van der Waals surface area contributed by atoms with Gasteiger partial charge in [-0.3, -0.25) is 38.0 Å².